The van der Waals surface area contributed by atoms with Gasteiger partial charge in [-0.25, -0.2) is 4.39 Å². The summed E-state index contributed by atoms with van der Waals surface area (Å²) >= 11 is 0. The molecule has 1 aromatic carbocycles. The first-order chi connectivity index (χ1) is 8.29. The summed E-state index contributed by atoms with van der Waals surface area (Å²) in [6.07, 6.45) is 0. The van der Waals surface area contributed by atoms with Crippen LogP contribution in [0.4, 0.5) is 4.39 Å². The highest BCUT2D eigenvalue weighted by atomic mass is 19.1. The lowest BCUT2D eigenvalue weighted by Gasteiger charge is -2.36. The SMILES string of the molecule is CN(C)CCN(Cc1ccc(F)cc1)C(C)(C)C. The zero-order valence-electron chi connectivity index (χ0n) is 12.2. The van der Waals surface area contributed by atoms with Crippen molar-refractivity contribution in [1.29, 1.82) is 0 Å². The van der Waals surface area contributed by atoms with Gasteiger partial charge >= 0.3 is 0 Å². The predicted molar refractivity (Wildman–Crippen MR) is 75.1 cm³/mol. The van der Waals surface area contributed by atoms with Gasteiger partial charge in [-0.2, -0.15) is 0 Å². The second-order valence-corrected chi connectivity index (χ2v) is 6.02. The highest BCUT2D eigenvalue weighted by Crippen LogP contribution is 2.17. The number of hydrogen-bond donors (Lipinski definition) is 0. The first kappa shape index (κ1) is 15.1. The number of nitrogens with zero attached hydrogens (tertiary/aromatic N) is 2. The average Bonchev–Trinajstić information content (AvgIpc) is 2.24. The molecule has 0 spiro atoms. The van der Waals surface area contributed by atoms with Gasteiger partial charge in [0, 0.05) is 25.2 Å². The number of rotatable bonds is 5. The Balaban J connectivity index is 2.69. The second kappa shape index (κ2) is 6.30. The van der Waals surface area contributed by atoms with E-state index in [1.54, 1.807) is 0 Å². The van der Waals surface area contributed by atoms with Crippen LogP contribution in [0.5, 0.6) is 0 Å². The quantitative estimate of drug-likeness (QED) is 0.795. The third kappa shape index (κ3) is 5.15. The first-order valence-corrected chi connectivity index (χ1v) is 6.43. The Morgan fingerprint density at radius 3 is 2.00 bits per heavy atom. The van der Waals surface area contributed by atoms with Gasteiger partial charge in [0.05, 0.1) is 0 Å². The van der Waals surface area contributed by atoms with Gasteiger partial charge in [0.2, 0.25) is 0 Å². The number of likely N-dealkylation sites (N-methyl/N-ethyl adjacent to an activating group) is 1. The Morgan fingerprint density at radius 1 is 1.00 bits per heavy atom. The highest BCUT2D eigenvalue weighted by Gasteiger charge is 2.21. The smallest absolute Gasteiger partial charge is 0.123 e. The summed E-state index contributed by atoms with van der Waals surface area (Å²) in [5.74, 6) is -0.172. The van der Waals surface area contributed by atoms with Crippen LogP contribution in [0.15, 0.2) is 24.3 Å². The Morgan fingerprint density at radius 2 is 1.56 bits per heavy atom. The monoisotopic (exact) mass is 252 g/mol. The Labute approximate surface area is 110 Å². The van der Waals surface area contributed by atoms with Crippen molar-refractivity contribution < 1.29 is 4.39 Å². The molecule has 0 aliphatic rings. The van der Waals surface area contributed by atoms with Gasteiger partial charge in [0.1, 0.15) is 5.82 Å². The molecule has 1 rings (SSSR count). The molecule has 0 aromatic heterocycles. The molecule has 0 bridgehead atoms. The van der Waals surface area contributed by atoms with E-state index in [0.29, 0.717) is 0 Å². The molecular weight excluding hydrogens is 227 g/mol. The lowest BCUT2D eigenvalue weighted by Crippen LogP contribution is -2.44. The summed E-state index contributed by atoms with van der Waals surface area (Å²) < 4.78 is 12.9. The molecule has 0 saturated carbocycles. The molecule has 18 heavy (non-hydrogen) atoms. The molecule has 0 aliphatic heterocycles. The van der Waals surface area contributed by atoms with Crippen LogP contribution in [0, 0.1) is 5.82 Å². The third-order valence-electron chi connectivity index (χ3n) is 3.05. The summed E-state index contributed by atoms with van der Waals surface area (Å²) in [4.78, 5) is 4.60. The van der Waals surface area contributed by atoms with Gasteiger partial charge in [0.25, 0.3) is 0 Å². The summed E-state index contributed by atoms with van der Waals surface area (Å²) in [6.45, 7) is 9.54. The minimum atomic E-state index is -0.172. The summed E-state index contributed by atoms with van der Waals surface area (Å²) in [5, 5.41) is 0. The van der Waals surface area contributed by atoms with Crippen LogP contribution in [-0.4, -0.2) is 42.5 Å². The molecule has 0 atom stereocenters. The van der Waals surface area contributed by atoms with Gasteiger partial charge in [-0.3, -0.25) is 4.90 Å². The van der Waals surface area contributed by atoms with Gasteiger partial charge in [-0.15, -0.1) is 0 Å². The van der Waals surface area contributed by atoms with Gasteiger partial charge in [-0.05, 0) is 52.6 Å². The Hall–Kier alpha value is -0.930. The standard InChI is InChI=1S/C15H25FN2/c1-15(2,3)18(11-10-17(4)5)12-13-6-8-14(16)9-7-13/h6-9H,10-12H2,1-5H3. The van der Waals surface area contributed by atoms with E-state index in [2.05, 4.69) is 44.7 Å². The fourth-order valence-corrected chi connectivity index (χ4v) is 1.78. The van der Waals surface area contributed by atoms with E-state index in [1.165, 1.54) is 12.1 Å². The van der Waals surface area contributed by atoms with Crippen LogP contribution in [0.25, 0.3) is 0 Å². The van der Waals surface area contributed by atoms with Crippen molar-refractivity contribution in [2.24, 2.45) is 0 Å². The summed E-state index contributed by atoms with van der Waals surface area (Å²) in [5.41, 5.74) is 1.27. The van der Waals surface area contributed by atoms with E-state index in [-0.39, 0.29) is 11.4 Å². The summed E-state index contributed by atoms with van der Waals surface area (Å²) in [6, 6.07) is 6.79. The van der Waals surface area contributed by atoms with E-state index in [1.807, 2.05) is 12.1 Å². The van der Waals surface area contributed by atoms with Gasteiger partial charge in [0.15, 0.2) is 0 Å². The zero-order valence-corrected chi connectivity index (χ0v) is 12.2. The molecule has 0 fully saturated rings. The van der Waals surface area contributed by atoms with Crippen LogP contribution in [0.2, 0.25) is 0 Å². The Bertz CT molecular complexity index is 352. The van der Waals surface area contributed by atoms with Crippen molar-refractivity contribution in [2.45, 2.75) is 32.9 Å². The van der Waals surface area contributed by atoms with Crippen molar-refractivity contribution >= 4 is 0 Å². The predicted octanol–water partition coefficient (Wildman–Crippen LogP) is 2.99. The minimum absolute atomic E-state index is 0.115. The molecule has 0 saturated heterocycles. The number of halogens is 1. The lowest BCUT2D eigenvalue weighted by molar-refractivity contribution is 0.116. The maximum absolute atomic E-state index is 12.9. The number of hydrogen-bond acceptors (Lipinski definition) is 2. The van der Waals surface area contributed by atoms with Crippen molar-refractivity contribution in [3.63, 3.8) is 0 Å². The van der Waals surface area contributed by atoms with Gasteiger partial charge < -0.3 is 4.90 Å². The van der Waals surface area contributed by atoms with E-state index in [4.69, 9.17) is 0 Å². The van der Waals surface area contributed by atoms with Crippen molar-refractivity contribution in [2.75, 3.05) is 27.2 Å². The fraction of sp³-hybridized carbons (Fsp3) is 0.600. The van der Waals surface area contributed by atoms with E-state index in [0.717, 1.165) is 25.2 Å². The topological polar surface area (TPSA) is 6.48 Å². The van der Waals surface area contributed by atoms with E-state index in [9.17, 15) is 4.39 Å². The molecular formula is C15H25FN2. The summed E-state index contributed by atoms with van der Waals surface area (Å²) in [7, 11) is 4.16. The molecule has 102 valence electrons. The maximum Gasteiger partial charge on any atom is 0.123 e. The van der Waals surface area contributed by atoms with E-state index < -0.39 is 0 Å². The molecule has 0 unspecified atom stereocenters. The highest BCUT2D eigenvalue weighted by molar-refractivity contribution is 5.16. The molecule has 0 aliphatic carbocycles. The van der Waals surface area contributed by atoms with Crippen molar-refractivity contribution in [3.8, 4) is 0 Å². The molecule has 0 heterocycles. The normalized spacial score (nSPS) is 12.4. The van der Waals surface area contributed by atoms with Crippen LogP contribution < -0.4 is 0 Å². The largest absolute Gasteiger partial charge is 0.308 e. The van der Waals surface area contributed by atoms with E-state index >= 15 is 0 Å². The average molecular weight is 252 g/mol. The van der Waals surface area contributed by atoms with Crippen LogP contribution in [0.3, 0.4) is 0 Å². The van der Waals surface area contributed by atoms with Crippen LogP contribution >= 0.6 is 0 Å². The fourth-order valence-electron chi connectivity index (χ4n) is 1.78. The Kier molecular flexibility index (Phi) is 5.29. The molecule has 1 aromatic rings. The molecule has 3 heteroatoms. The number of benzene rings is 1. The van der Waals surface area contributed by atoms with Crippen molar-refractivity contribution in [3.05, 3.63) is 35.6 Å². The van der Waals surface area contributed by atoms with Crippen LogP contribution in [-0.2, 0) is 6.54 Å². The first-order valence-electron chi connectivity index (χ1n) is 6.43. The third-order valence-corrected chi connectivity index (χ3v) is 3.05. The molecule has 0 radical (unpaired) electrons. The lowest BCUT2D eigenvalue weighted by atomic mass is 10.0. The minimum Gasteiger partial charge on any atom is -0.308 e. The maximum atomic E-state index is 12.9. The van der Waals surface area contributed by atoms with Crippen LogP contribution in [0.1, 0.15) is 26.3 Å². The van der Waals surface area contributed by atoms with Gasteiger partial charge in [-0.1, -0.05) is 12.1 Å². The van der Waals surface area contributed by atoms with Crippen molar-refractivity contribution in [1.82, 2.24) is 9.80 Å². The molecule has 2 nitrogen and oxygen atoms in total. The zero-order chi connectivity index (χ0) is 13.8. The molecule has 0 amide bonds. The second-order valence-electron chi connectivity index (χ2n) is 6.02. The molecule has 0 N–H and O–H groups in total.